The van der Waals surface area contributed by atoms with E-state index < -0.39 is 0 Å². The minimum Gasteiger partial charge on any atom is -0.327 e. The van der Waals surface area contributed by atoms with Crippen LogP contribution in [0.3, 0.4) is 0 Å². The third-order valence-electron chi connectivity index (χ3n) is 3.31. The van der Waals surface area contributed by atoms with E-state index in [9.17, 15) is 0 Å². The van der Waals surface area contributed by atoms with Gasteiger partial charge < -0.3 is 5.73 Å². The van der Waals surface area contributed by atoms with Crippen LogP contribution in [0.15, 0.2) is 15.9 Å². The lowest BCUT2D eigenvalue weighted by atomic mass is 9.83. The molecule has 1 aromatic heterocycles. The first-order valence-electron chi connectivity index (χ1n) is 5.74. The van der Waals surface area contributed by atoms with Crippen LogP contribution in [-0.4, -0.2) is 6.04 Å². The summed E-state index contributed by atoms with van der Waals surface area (Å²) in [6.45, 7) is 0. The first-order chi connectivity index (χ1) is 7.25. The Hall–Kier alpha value is 0.140. The minimum atomic E-state index is 0.371. The van der Waals surface area contributed by atoms with Crippen molar-refractivity contribution in [2.45, 2.75) is 44.6 Å². The number of hydrogen-bond donors (Lipinski definition) is 1. The van der Waals surface area contributed by atoms with Crippen LogP contribution in [0.25, 0.3) is 0 Å². The molecule has 0 aromatic carbocycles. The van der Waals surface area contributed by atoms with Gasteiger partial charge in [0.25, 0.3) is 0 Å². The van der Waals surface area contributed by atoms with Crippen molar-refractivity contribution in [1.82, 2.24) is 0 Å². The molecule has 1 aromatic rings. The number of thiophene rings is 1. The minimum absolute atomic E-state index is 0.371. The zero-order valence-corrected chi connectivity index (χ0v) is 11.3. The highest BCUT2D eigenvalue weighted by Crippen LogP contribution is 2.28. The van der Waals surface area contributed by atoms with Crippen LogP contribution in [0, 0.1) is 5.92 Å². The predicted molar refractivity (Wildman–Crippen MR) is 70.3 cm³/mol. The van der Waals surface area contributed by atoms with Gasteiger partial charge in [-0.1, -0.05) is 19.3 Å². The molecule has 0 radical (unpaired) electrons. The molecule has 0 saturated heterocycles. The van der Waals surface area contributed by atoms with Gasteiger partial charge in [0.2, 0.25) is 0 Å². The summed E-state index contributed by atoms with van der Waals surface area (Å²) in [6, 6.07) is 2.57. The summed E-state index contributed by atoms with van der Waals surface area (Å²) < 4.78 is 1.19. The summed E-state index contributed by atoms with van der Waals surface area (Å²) in [7, 11) is 0. The van der Waals surface area contributed by atoms with E-state index >= 15 is 0 Å². The van der Waals surface area contributed by atoms with Crippen LogP contribution in [0.1, 0.15) is 37.0 Å². The Kier molecular flexibility index (Phi) is 4.23. The van der Waals surface area contributed by atoms with Gasteiger partial charge >= 0.3 is 0 Å². The fourth-order valence-electron chi connectivity index (χ4n) is 2.42. The molecule has 0 aliphatic heterocycles. The monoisotopic (exact) mass is 287 g/mol. The molecule has 0 amide bonds. The lowest BCUT2D eigenvalue weighted by Crippen LogP contribution is -2.33. The Morgan fingerprint density at radius 3 is 2.73 bits per heavy atom. The highest BCUT2D eigenvalue weighted by molar-refractivity contribution is 9.10. The van der Waals surface area contributed by atoms with Crippen molar-refractivity contribution in [2.24, 2.45) is 11.7 Å². The van der Waals surface area contributed by atoms with E-state index in [1.807, 2.05) is 11.3 Å². The molecule has 1 aliphatic carbocycles. The van der Waals surface area contributed by atoms with E-state index in [1.54, 1.807) is 0 Å². The standard InChI is InChI=1S/C12H18BrNS/c13-10-6-11(15-8-10)7-12(14)9-4-2-1-3-5-9/h6,8-9,12H,1-5,7,14H2. The molecule has 1 saturated carbocycles. The molecule has 1 nitrogen and oxygen atoms in total. The number of halogens is 1. The van der Waals surface area contributed by atoms with Crippen LogP contribution in [0.5, 0.6) is 0 Å². The molecule has 2 N–H and O–H groups in total. The maximum atomic E-state index is 6.28. The molecule has 3 heteroatoms. The third kappa shape index (κ3) is 3.30. The lowest BCUT2D eigenvalue weighted by Gasteiger charge is -2.27. The van der Waals surface area contributed by atoms with Gasteiger partial charge in [0.05, 0.1) is 0 Å². The Bertz CT molecular complexity index is 304. The van der Waals surface area contributed by atoms with E-state index in [1.165, 1.54) is 41.5 Å². The normalized spacial score (nSPS) is 20.4. The first-order valence-corrected chi connectivity index (χ1v) is 7.41. The van der Waals surface area contributed by atoms with E-state index in [2.05, 4.69) is 27.4 Å². The Morgan fingerprint density at radius 2 is 2.13 bits per heavy atom. The van der Waals surface area contributed by atoms with Gasteiger partial charge in [0.1, 0.15) is 0 Å². The third-order valence-corrected chi connectivity index (χ3v) is 5.03. The average molecular weight is 288 g/mol. The van der Waals surface area contributed by atoms with E-state index in [0.717, 1.165) is 12.3 Å². The van der Waals surface area contributed by atoms with Crippen molar-refractivity contribution in [1.29, 1.82) is 0 Å². The molecular formula is C12H18BrNS. The first kappa shape index (κ1) is 11.6. The van der Waals surface area contributed by atoms with Gasteiger partial charge in [-0.3, -0.25) is 0 Å². The summed E-state index contributed by atoms with van der Waals surface area (Å²) in [5, 5.41) is 2.14. The SMILES string of the molecule is NC(Cc1cc(Br)cs1)C1CCCCC1. The van der Waals surface area contributed by atoms with Crippen LogP contribution in [0.2, 0.25) is 0 Å². The largest absolute Gasteiger partial charge is 0.327 e. The maximum Gasteiger partial charge on any atom is 0.0285 e. The molecule has 0 bridgehead atoms. The van der Waals surface area contributed by atoms with Gasteiger partial charge in [-0.2, -0.15) is 0 Å². The molecule has 15 heavy (non-hydrogen) atoms. The van der Waals surface area contributed by atoms with Gasteiger partial charge in [-0.05, 0) is 47.2 Å². The summed E-state index contributed by atoms with van der Waals surface area (Å²) in [5.74, 6) is 0.764. The molecule has 2 rings (SSSR count). The molecule has 1 aliphatic rings. The van der Waals surface area contributed by atoms with Crippen molar-refractivity contribution in [2.75, 3.05) is 0 Å². The Labute approximate surface area is 104 Å². The quantitative estimate of drug-likeness (QED) is 0.895. The second-order valence-electron chi connectivity index (χ2n) is 4.50. The summed E-state index contributed by atoms with van der Waals surface area (Å²) in [5.41, 5.74) is 6.28. The fraction of sp³-hybridized carbons (Fsp3) is 0.667. The van der Waals surface area contributed by atoms with Crippen LogP contribution < -0.4 is 5.73 Å². The molecule has 0 spiro atoms. The van der Waals surface area contributed by atoms with Crippen molar-refractivity contribution >= 4 is 27.3 Å². The predicted octanol–water partition coefficient (Wildman–Crippen LogP) is 3.96. The van der Waals surface area contributed by atoms with E-state index in [4.69, 9.17) is 5.73 Å². The molecule has 1 fully saturated rings. The summed E-state index contributed by atoms with van der Waals surface area (Å²) in [4.78, 5) is 1.42. The highest BCUT2D eigenvalue weighted by Gasteiger charge is 2.20. The van der Waals surface area contributed by atoms with Crippen molar-refractivity contribution in [3.63, 3.8) is 0 Å². The van der Waals surface area contributed by atoms with Crippen LogP contribution in [0.4, 0.5) is 0 Å². The van der Waals surface area contributed by atoms with E-state index in [0.29, 0.717) is 6.04 Å². The molecule has 1 atom stereocenters. The molecule has 84 valence electrons. The van der Waals surface area contributed by atoms with Crippen molar-refractivity contribution < 1.29 is 0 Å². The smallest absolute Gasteiger partial charge is 0.0285 e. The summed E-state index contributed by atoms with van der Waals surface area (Å²) in [6.07, 6.45) is 7.91. The second kappa shape index (κ2) is 5.46. The fourth-order valence-corrected chi connectivity index (χ4v) is 3.95. The van der Waals surface area contributed by atoms with Crippen LogP contribution >= 0.6 is 27.3 Å². The Balaban J connectivity index is 1.88. The lowest BCUT2D eigenvalue weighted by molar-refractivity contribution is 0.304. The zero-order valence-electron chi connectivity index (χ0n) is 8.92. The number of nitrogens with two attached hydrogens (primary N) is 1. The molecule has 1 heterocycles. The van der Waals surface area contributed by atoms with Crippen molar-refractivity contribution in [3.05, 3.63) is 20.8 Å². The van der Waals surface area contributed by atoms with Gasteiger partial charge in [-0.15, -0.1) is 11.3 Å². The zero-order chi connectivity index (χ0) is 10.7. The molecular weight excluding hydrogens is 270 g/mol. The second-order valence-corrected chi connectivity index (χ2v) is 6.41. The van der Waals surface area contributed by atoms with Gasteiger partial charge in [0.15, 0.2) is 0 Å². The Morgan fingerprint density at radius 1 is 1.40 bits per heavy atom. The topological polar surface area (TPSA) is 26.0 Å². The highest BCUT2D eigenvalue weighted by atomic mass is 79.9. The average Bonchev–Trinajstić information content (AvgIpc) is 2.65. The number of rotatable bonds is 3. The molecule has 1 unspecified atom stereocenters. The number of hydrogen-bond acceptors (Lipinski definition) is 2. The van der Waals surface area contributed by atoms with E-state index in [-0.39, 0.29) is 0 Å². The van der Waals surface area contributed by atoms with Gasteiger partial charge in [0, 0.05) is 20.8 Å². The van der Waals surface area contributed by atoms with Gasteiger partial charge in [-0.25, -0.2) is 0 Å². The van der Waals surface area contributed by atoms with Crippen LogP contribution in [-0.2, 0) is 6.42 Å². The maximum absolute atomic E-state index is 6.28. The van der Waals surface area contributed by atoms with Crippen molar-refractivity contribution in [3.8, 4) is 0 Å². The summed E-state index contributed by atoms with van der Waals surface area (Å²) >= 11 is 5.30.